The number of nitrogens with one attached hydrogen (secondary N) is 4. The van der Waals surface area contributed by atoms with Gasteiger partial charge in [-0.25, -0.2) is 14.6 Å². The molecular formula is C39H48N8O6. The highest BCUT2D eigenvalue weighted by atomic mass is 16.5. The van der Waals surface area contributed by atoms with Crippen molar-refractivity contribution in [3.8, 4) is 22.4 Å². The largest absolute Gasteiger partial charge is 0.453 e. The van der Waals surface area contributed by atoms with Gasteiger partial charge in [0.25, 0.3) is 0 Å². The molecule has 4 heterocycles. The molecule has 0 spiro atoms. The highest BCUT2D eigenvalue weighted by molar-refractivity contribution is 5.95. The van der Waals surface area contributed by atoms with E-state index in [1.165, 1.54) is 14.2 Å². The summed E-state index contributed by atoms with van der Waals surface area (Å²) in [6, 6.07) is 15.7. The van der Waals surface area contributed by atoms with Crippen molar-refractivity contribution in [1.29, 1.82) is 0 Å². The maximum atomic E-state index is 13.7. The van der Waals surface area contributed by atoms with E-state index in [2.05, 4.69) is 74.2 Å². The van der Waals surface area contributed by atoms with Crippen LogP contribution in [0.5, 0.6) is 0 Å². The van der Waals surface area contributed by atoms with Crippen molar-refractivity contribution in [3.05, 3.63) is 66.1 Å². The summed E-state index contributed by atoms with van der Waals surface area (Å²) in [6.45, 7) is 3.55. The molecule has 280 valence electrons. The first-order valence-electron chi connectivity index (χ1n) is 18.6. The first kappa shape index (κ1) is 36.0. The number of aromatic amines is 1. The number of ether oxygens (including phenoxy) is 2. The molecule has 0 bridgehead atoms. The van der Waals surface area contributed by atoms with Crippen LogP contribution in [0.3, 0.4) is 0 Å². The quantitative estimate of drug-likeness (QED) is 0.246. The van der Waals surface area contributed by atoms with Crippen LogP contribution in [-0.4, -0.2) is 102 Å². The Kier molecular flexibility index (Phi) is 10.6. The fraction of sp³-hybridized carbons (Fsp3) is 0.487. The number of rotatable bonds is 9. The third kappa shape index (κ3) is 7.58. The smallest absolute Gasteiger partial charge is 0.407 e. The summed E-state index contributed by atoms with van der Waals surface area (Å²) in [5, 5.41) is 8.99. The zero-order valence-corrected chi connectivity index (χ0v) is 30.5. The lowest BCUT2D eigenvalue weighted by Gasteiger charge is -2.29. The predicted octanol–water partition coefficient (Wildman–Crippen LogP) is 4.71. The Hall–Kier alpha value is -5.40. The molecule has 0 radical (unpaired) electrons. The number of H-pyrrole nitrogens is 1. The van der Waals surface area contributed by atoms with Crippen LogP contribution in [0.1, 0.15) is 75.3 Å². The van der Waals surface area contributed by atoms with Crippen LogP contribution in [0.25, 0.3) is 22.4 Å². The van der Waals surface area contributed by atoms with Crippen LogP contribution in [0.2, 0.25) is 0 Å². The monoisotopic (exact) mass is 724 g/mol. The van der Waals surface area contributed by atoms with E-state index in [4.69, 9.17) is 14.7 Å². The van der Waals surface area contributed by atoms with E-state index >= 15 is 0 Å². The second kappa shape index (κ2) is 15.7. The predicted molar refractivity (Wildman–Crippen MR) is 198 cm³/mol. The van der Waals surface area contributed by atoms with Crippen molar-refractivity contribution in [2.45, 2.75) is 82.1 Å². The molecule has 14 heteroatoms. The van der Waals surface area contributed by atoms with E-state index in [1.54, 1.807) is 11.8 Å². The van der Waals surface area contributed by atoms with E-state index in [-0.39, 0.29) is 41.9 Å². The van der Waals surface area contributed by atoms with Crippen LogP contribution in [0, 0.1) is 5.92 Å². The van der Waals surface area contributed by atoms with Gasteiger partial charge in [0.2, 0.25) is 11.8 Å². The number of nitrogens with zero attached hydrogens (tertiary/aromatic N) is 4. The molecule has 53 heavy (non-hydrogen) atoms. The van der Waals surface area contributed by atoms with Gasteiger partial charge in [-0.1, -0.05) is 55.0 Å². The Morgan fingerprint density at radius 3 is 2.19 bits per heavy atom. The van der Waals surface area contributed by atoms with Gasteiger partial charge in [0.15, 0.2) is 0 Å². The summed E-state index contributed by atoms with van der Waals surface area (Å²) < 4.78 is 9.43. The number of carbonyl (C=O) groups is 4. The summed E-state index contributed by atoms with van der Waals surface area (Å²) in [5.74, 6) is 1.27. The summed E-state index contributed by atoms with van der Waals surface area (Å²) in [7, 11) is 2.62. The van der Waals surface area contributed by atoms with Crippen molar-refractivity contribution >= 4 is 29.8 Å². The SMILES string of the molecule is COC(=O)N[C@@H](C)C(=O)N1CCC[C@H]1C1=NCC(c2ccc(-c3ccc(-c4cnc([C@@H]5CCCN5C(=O)[C@@H]5CCC[C@H]5NC(=O)OC)[nH]4)cc3)cc2)N1. The van der Waals surface area contributed by atoms with Crippen LogP contribution < -0.4 is 16.0 Å². The molecule has 1 aromatic heterocycles. The lowest BCUT2D eigenvalue weighted by Crippen LogP contribution is -2.52. The van der Waals surface area contributed by atoms with Gasteiger partial charge in [-0.05, 0) is 67.7 Å². The van der Waals surface area contributed by atoms with Gasteiger partial charge >= 0.3 is 12.2 Å². The Morgan fingerprint density at radius 2 is 1.47 bits per heavy atom. The maximum Gasteiger partial charge on any atom is 0.407 e. The third-order valence-electron chi connectivity index (χ3n) is 11.1. The van der Waals surface area contributed by atoms with Gasteiger partial charge in [-0.3, -0.25) is 14.6 Å². The van der Waals surface area contributed by atoms with E-state index in [0.29, 0.717) is 19.6 Å². The average Bonchev–Trinajstić information content (AvgIpc) is 4.04. The Balaban J connectivity index is 0.953. The zero-order valence-electron chi connectivity index (χ0n) is 30.5. The maximum absolute atomic E-state index is 13.7. The topological polar surface area (TPSA) is 170 Å². The molecular weight excluding hydrogens is 676 g/mol. The van der Waals surface area contributed by atoms with Gasteiger partial charge in [-0.15, -0.1) is 0 Å². The number of carbonyl (C=O) groups excluding carboxylic acids is 4. The Labute approximate surface area is 309 Å². The number of hydrogen-bond acceptors (Lipinski definition) is 9. The molecule has 1 aliphatic carbocycles. The molecule has 7 rings (SSSR count). The van der Waals surface area contributed by atoms with E-state index in [9.17, 15) is 19.2 Å². The standard InChI is InChI=1S/C39H48N8O6/c1-23(42-38(50)52-2)36(48)46-19-5-9-32(46)34-40-21-30(43-34)26-15-11-24(12-16-26)25-13-17-27(18-14-25)31-22-41-35(44-31)33-10-6-20-47(33)37(49)28-7-4-8-29(28)45-39(51)53-3/h11-18,22-23,28-30,32-33H,4-10,19-21H2,1-3H3,(H,40,43)(H,41,44)(H,42,50)(H,45,51)/t23-,28+,29+,30?,32-,33-/m0/s1. The molecule has 1 unspecified atom stereocenters. The van der Waals surface area contributed by atoms with Gasteiger partial charge in [0.1, 0.15) is 17.7 Å². The van der Waals surface area contributed by atoms with Crippen LogP contribution >= 0.6 is 0 Å². The lowest BCUT2D eigenvalue weighted by molar-refractivity contribution is -0.137. The molecule has 3 fully saturated rings. The number of benzene rings is 2. The number of methoxy groups -OCH3 is 2. The summed E-state index contributed by atoms with van der Waals surface area (Å²) >= 11 is 0. The highest BCUT2D eigenvalue weighted by Gasteiger charge is 2.41. The number of likely N-dealkylation sites (tertiary alicyclic amines) is 2. The molecule has 4 aliphatic rings. The summed E-state index contributed by atoms with van der Waals surface area (Å²) in [4.78, 5) is 67.0. The van der Waals surface area contributed by atoms with Crippen LogP contribution in [-0.2, 0) is 19.1 Å². The second-order valence-electron chi connectivity index (χ2n) is 14.3. The molecule has 4 amide bonds. The average molecular weight is 725 g/mol. The minimum Gasteiger partial charge on any atom is -0.453 e. The zero-order chi connectivity index (χ0) is 37.1. The Bertz CT molecular complexity index is 1840. The van der Waals surface area contributed by atoms with Gasteiger partial charge < -0.3 is 40.2 Å². The number of amidine groups is 1. The van der Waals surface area contributed by atoms with Crippen molar-refractivity contribution in [2.75, 3.05) is 33.9 Å². The van der Waals surface area contributed by atoms with Crippen molar-refractivity contribution < 1.29 is 28.7 Å². The van der Waals surface area contributed by atoms with Crippen molar-refractivity contribution in [3.63, 3.8) is 0 Å². The van der Waals surface area contributed by atoms with Gasteiger partial charge in [0, 0.05) is 19.1 Å². The molecule has 3 aromatic rings. The summed E-state index contributed by atoms with van der Waals surface area (Å²) in [5.41, 5.74) is 5.20. The van der Waals surface area contributed by atoms with Crippen LogP contribution in [0.15, 0.2) is 59.7 Å². The van der Waals surface area contributed by atoms with Crippen molar-refractivity contribution in [2.24, 2.45) is 10.9 Å². The number of amides is 4. The van der Waals surface area contributed by atoms with Gasteiger partial charge in [0.05, 0.1) is 56.7 Å². The molecule has 2 saturated heterocycles. The second-order valence-corrected chi connectivity index (χ2v) is 14.3. The molecule has 2 aromatic carbocycles. The number of hydrogen-bond donors (Lipinski definition) is 4. The van der Waals surface area contributed by atoms with E-state index in [0.717, 1.165) is 84.6 Å². The molecule has 1 saturated carbocycles. The first-order valence-corrected chi connectivity index (χ1v) is 18.6. The Morgan fingerprint density at radius 1 is 0.811 bits per heavy atom. The third-order valence-corrected chi connectivity index (χ3v) is 11.1. The lowest BCUT2D eigenvalue weighted by atomic mass is 9.99. The van der Waals surface area contributed by atoms with E-state index in [1.807, 2.05) is 11.1 Å². The van der Waals surface area contributed by atoms with E-state index < -0.39 is 18.2 Å². The highest BCUT2D eigenvalue weighted by Crippen LogP contribution is 2.37. The molecule has 3 aliphatic heterocycles. The first-order chi connectivity index (χ1) is 25.7. The molecule has 6 atom stereocenters. The number of alkyl carbamates (subject to hydrolysis) is 2. The summed E-state index contributed by atoms with van der Waals surface area (Å²) in [6.07, 6.45) is 6.58. The molecule has 14 nitrogen and oxygen atoms in total. The van der Waals surface area contributed by atoms with Gasteiger partial charge in [-0.2, -0.15) is 0 Å². The van der Waals surface area contributed by atoms with Crippen molar-refractivity contribution in [1.82, 2.24) is 35.7 Å². The van der Waals surface area contributed by atoms with Crippen LogP contribution in [0.4, 0.5) is 9.59 Å². The fourth-order valence-corrected chi connectivity index (χ4v) is 8.28. The fourth-order valence-electron chi connectivity index (χ4n) is 8.28. The minimum absolute atomic E-state index is 0.0152. The normalized spacial score (nSPS) is 24.4. The number of imidazole rings is 1. The number of aliphatic imine (C=N–C) groups is 1. The minimum atomic E-state index is -0.686. The molecule has 4 N–H and O–H groups in total. The number of aromatic nitrogens is 2.